The summed E-state index contributed by atoms with van der Waals surface area (Å²) in [5, 5.41) is 2.95. The molecule has 0 bridgehead atoms. The Hall–Kier alpha value is -3.72. The number of methoxy groups -OCH3 is 2. The zero-order chi connectivity index (χ0) is 26.1. The van der Waals surface area contributed by atoms with Gasteiger partial charge >= 0.3 is 0 Å². The number of ketones is 2. The Morgan fingerprint density at radius 3 is 2.43 bits per heavy atom. The molecule has 1 N–H and O–H groups in total. The van der Waals surface area contributed by atoms with Gasteiger partial charge in [0, 0.05) is 35.6 Å². The number of carbonyl (C=O) groups is 3. The van der Waals surface area contributed by atoms with Crippen LogP contribution >= 0.6 is 11.6 Å². The number of amides is 1. The fraction of sp³-hybridized carbons (Fsp3) is 0.370. The topological polar surface area (TPSA) is 109 Å². The predicted octanol–water partition coefficient (Wildman–Crippen LogP) is 3.61. The van der Waals surface area contributed by atoms with Crippen molar-refractivity contribution in [1.29, 1.82) is 0 Å². The van der Waals surface area contributed by atoms with E-state index >= 15 is 0 Å². The molecule has 10 heteroatoms. The maximum absolute atomic E-state index is 14.4. The standard InChI is InChI=1S/C27H24ClNO8/c1-12-8-15-21(14(10-20(30)29-15)13-4-5-16-17(9-13)36-7-6-35-16)25(31)27(12)26(32)22-18(33-2)11-19(34-3)23(28)24(22)37-27/h4-5,9,11-12,14H,6-8,10H2,1-3H3,(H,29,30). The summed E-state index contributed by atoms with van der Waals surface area (Å²) in [6.45, 7) is 2.61. The van der Waals surface area contributed by atoms with E-state index in [9.17, 15) is 14.4 Å². The molecule has 1 spiro atoms. The molecule has 192 valence electrons. The van der Waals surface area contributed by atoms with E-state index in [-0.39, 0.29) is 46.6 Å². The normalized spacial score (nSPS) is 25.9. The third kappa shape index (κ3) is 3.26. The van der Waals surface area contributed by atoms with Gasteiger partial charge in [0.15, 0.2) is 17.2 Å². The number of halogens is 1. The van der Waals surface area contributed by atoms with Gasteiger partial charge in [0.1, 0.15) is 35.3 Å². The molecular formula is C27H24ClNO8. The molecule has 3 atom stereocenters. The maximum Gasteiger partial charge on any atom is 0.236 e. The molecule has 3 aliphatic heterocycles. The van der Waals surface area contributed by atoms with E-state index in [1.54, 1.807) is 19.1 Å². The van der Waals surface area contributed by atoms with Crippen molar-refractivity contribution in [3.05, 3.63) is 51.7 Å². The lowest BCUT2D eigenvalue weighted by molar-refractivity contribution is -0.131. The highest BCUT2D eigenvalue weighted by Crippen LogP contribution is 2.55. The molecule has 2 aromatic rings. The van der Waals surface area contributed by atoms with E-state index in [0.717, 1.165) is 0 Å². The van der Waals surface area contributed by atoms with E-state index in [1.165, 1.54) is 20.3 Å². The molecule has 6 rings (SSSR count). The second-order valence-corrected chi connectivity index (χ2v) is 9.88. The zero-order valence-corrected chi connectivity index (χ0v) is 21.2. The van der Waals surface area contributed by atoms with Crippen molar-refractivity contribution in [3.8, 4) is 28.7 Å². The van der Waals surface area contributed by atoms with Crippen molar-refractivity contribution in [2.75, 3.05) is 27.4 Å². The van der Waals surface area contributed by atoms with Crippen LogP contribution in [0, 0.1) is 5.92 Å². The summed E-state index contributed by atoms with van der Waals surface area (Å²) in [7, 11) is 2.86. The molecule has 2 aromatic carbocycles. The van der Waals surface area contributed by atoms with Crippen molar-refractivity contribution in [2.45, 2.75) is 31.3 Å². The van der Waals surface area contributed by atoms with Crippen LogP contribution in [0.4, 0.5) is 0 Å². The summed E-state index contributed by atoms with van der Waals surface area (Å²) < 4.78 is 28.4. The third-order valence-corrected chi connectivity index (χ3v) is 7.88. The number of benzene rings is 2. The number of fused-ring (bicyclic) bond motifs is 2. The lowest BCUT2D eigenvalue weighted by Crippen LogP contribution is -2.59. The van der Waals surface area contributed by atoms with Crippen LogP contribution in [0.15, 0.2) is 35.5 Å². The molecule has 1 amide bonds. The molecule has 3 unspecified atom stereocenters. The van der Waals surface area contributed by atoms with E-state index in [2.05, 4.69) is 5.32 Å². The second kappa shape index (κ2) is 8.41. The smallest absolute Gasteiger partial charge is 0.236 e. The molecule has 3 heterocycles. The van der Waals surface area contributed by atoms with Gasteiger partial charge in [0.25, 0.3) is 0 Å². The Morgan fingerprint density at radius 1 is 0.973 bits per heavy atom. The van der Waals surface area contributed by atoms with Crippen LogP contribution in [-0.4, -0.2) is 50.5 Å². The average molecular weight is 526 g/mol. The molecule has 0 fully saturated rings. The summed E-state index contributed by atoms with van der Waals surface area (Å²) >= 11 is 6.53. The number of rotatable bonds is 3. The molecule has 0 radical (unpaired) electrons. The van der Waals surface area contributed by atoms with Gasteiger partial charge in [-0.25, -0.2) is 0 Å². The molecule has 0 saturated heterocycles. The highest BCUT2D eigenvalue weighted by atomic mass is 35.5. The fourth-order valence-electron chi connectivity index (χ4n) is 5.75. The number of Topliss-reactive ketones (excluding diaryl/α,β-unsaturated/α-hetero) is 2. The van der Waals surface area contributed by atoms with Crippen molar-refractivity contribution in [1.82, 2.24) is 5.32 Å². The number of nitrogens with one attached hydrogen (secondary N) is 1. The largest absolute Gasteiger partial charge is 0.496 e. The molecule has 9 nitrogen and oxygen atoms in total. The quantitative estimate of drug-likeness (QED) is 0.605. The highest BCUT2D eigenvalue weighted by Gasteiger charge is 2.63. The van der Waals surface area contributed by atoms with Crippen molar-refractivity contribution in [2.24, 2.45) is 5.92 Å². The first-order valence-corrected chi connectivity index (χ1v) is 12.3. The second-order valence-electron chi connectivity index (χ2n) is 9.50. The summed E-state index contributed by atoms with van der Waals surface area (Å²) in [5.74, 6) is -0.736. The minimum atomic E-state index is -1.85. The first-order valence-electron chi connectivity index (χ1n) is 12.0. The number of hydrogen-bond donors (Lipinski definition) is 1. The minimum Gasteiger partial charge on any atom is -0.496 e. The Bertz CT molecular complexity index is 1420. The fourth-order valence-corrected chi connectivity index (χ4v) is 6.02. The van der Waals surface area contributed by atoms with Gasteiger partial charge in [-0.1, -0.05) is 24.6 Å². The first kappa shape index (κ1) is 23.7. The van der Waals surface area contributed by atoms with Crippen molar-refractivity contribution < 1.29 is 38.1 Å². The minimum absolute atomic E-state index is 0.0354. The van der Waals surface area contributed by atoms with Gasteiger partial charge in [-0.2, -0.15) is 0 Å². The average Bonchev–Trinajstić information content (AvgIpc) is 3.21. The summed E-state index contributed by atoms with van der Waals surface area (Å²) in [6, 6.07) is 6.88. The molecule has 0 aromatic heterocycles. The summed E-state index contributed by atoms with van der Waals surface area (Å²) in [4.78, 5) is 41.1. The molecule has 4 aliphatic rings. The van der Waals surface area contributed by atoms with Crippen LogP contribution < -0.4 is 29.0 Å². The number of ether oxygens (including phenoxy) is 5. The Labute approximate surface area is 217 Å². The monoisotopic (exact) mass is 525 g/mol. The SMILES string of the molecule is COc1cc(OC)c2c(c1Cl)OC1(C(=O)C3=C(CC1C)NC(=O)CC3c1ccc3c(c1)OCCO3)C2=O. The molecular weight excluding hydrogens is 502 g/mol. The van der Waals surface area contributed by atoms with Crippen LogP contribution in [0.25, 0.3) is 0 Å². The van der Waals surface area contributed by atoms with E-state index in [0.29, 0.717) is 41.5 Å². The van der Waals surface area contributed by atoms with Gasteiger partial charge in [-0.05, 0) is 24.1 Å². The van der Waals surface area contributed by atoms with Crippen molar-refractivity contribution in [3.63, 3.8) is 0 Å². The first-order chi connectivity index (χ1) is 17.8. The molecule has 0 saturated carbocycles. The lowest BCUT2D eigenvalue weighted by Gasteiger charge is -2.41. The third-order valence-electron chi connectivity index (χ3n) is 7.53. The predicted molar refractivity (Wildman–Crippen MR) is 131 cm³/mol. The van der Waals surface area contributed by atoms with Gasteiger partial charge in [0.05, 0.1) is 14.2 Å². The summed E-state index contributed by atoms with van der Waals surface area (Å²) in [5.41, 5.74) is -0.184. The Morgan fingerprint density at radius 2 is 1.70 bits per heavy atom. The number of allylic oxidation sites excluding steroid dienone is 1. The zero-order valence-electron chi connectivity index (χ0n) is 20.4. The van der Waals surface area contributed by atoms with Crippen molar-refractivity contribution >= 4 is 29.1 Å². The van der Waals surface area contributed by atoms with Crippen LogP contribution in [0.5, 0.6) is 28.7 Å². The Kier molecular flexibility index (Phi) is 5.38. The van der Waals surface area contributed by atoms with Crippen LogP contribution in [0.1, 0.15) is 41.6 Å². The van der Waals surface area contributed by atoms with Gasteiger partial charge < -0.3 is 29.0 Å². The van der Waals surface area contributed by atoms with Crippen LogP contribution in [-0.2, 0) is 9.59 Å². The van der Waals surface area contributed by atoms with Gasteiger partial charge in [-0.15, -0.1) is 0 Å². The van der Waals surface area contributed by atoms with Crippen LogP contribution in [0.3, 0.4) is 0 Å². The Balaban J connectivity index is 1.48. The summed E-state index contributed by atoms with van der Waals surface area (Å²) in [6.07, 6.45) is 0.290. The number of hydrogen-bond acceptors (Lipinski definition) is 8. The van der Waals surface area contributed by atoms with Gasteiger partial charge in [0.2, 0.25) is 23.1 Å². The van der Waals surface area contributed by atoms with Gasteiger partial charge in [-0.3, -0.25) is 14.4 Å². The lowest BCUT2D eigenvalue weighted by atomic mass is 9.66. The van der Waals surface area contributed by atoms with E-state index in [4.69, 9.17) is 35.3 Å². The maximum atomic E-state index is 14.4. The van der Waals surface area contributed by atoms with Crippen LogP contribution in [0.2, 0.25) is 5.02 Å². The highest BCUT2D eigenvalue weighted by molar-refractivity contribution is 6.36. The number of carbonyl (C=O) groups excluding carboxylic acids is 3. The van der Waals surface area contributed by atoms with E-state index in [1.807, 2.05) is 6.07 Å². The molecule has 37 heavy (non-hydrogen) atoms. The molecule has 1 aliphatic carbocycles. The van der Waals surface area contributed by atoms with E-state index < -0.39 is 29.0 Å².